The summed E-state index contributed by atoms with van der Waals surface area (Å²) < 4.78 is 36.3. The van der Waals surface area contributed by atoms with Gasteiger partial charge in [-0.2, -0.15) is 13.2 Å². The number of carbonyl (C=O) groups is 1. The van der Waals surface area contributed by atoms with E-state index in [1.165, 1.54) is 19.4 Å². The number of alkyl halides is 3. The Bertz CT molecular complexity index is 451. The number of anilines is 1. The smallest absolute Gasteiger partial charge is 0.369 e. The highest BCUT2D eigenvalue weighted by Gasteiger charge is 2.28. The molecule has 1 heterocycles. The van der Waals surface area contributed by atoms with Crippen molar-refractivity contribution in [2.45, 2.75) is 25.9 Å². The molecule has 0 aliphatic heterocycles. The van der Waals surface area contributed by atoms with E-state index in [0.29, 0.717) is 12.4 Å². The molecule has 0 fully saturated rings. The normalized spacial score (nSPS) is 11.2. The summed E-state index contributed by atoms with van der Waals surface area (Å²) >= 11 is 0. The molecule has 5 nitrogen and oxygen atoms in total. The lowest BCUT2D eigenvalue weighted by atomic mass is 10.3. The lowest BCUT2D eigenvalue weighted by Crippen LogP contribution is -2.31. The molecule has 1 rings (SSSR count). The van der Waals surface area contributed by atoms with E-state index in [4.69, 9.17) is 0 Å². The summed E-state index contributed by atoms with van der Waals surface area (Å²) in [6.45, 7) is 2.24. The third kappa shape index (κ3) is 5.41. The molecule has 0 saturated carbocycles. The van der Waals surface area contributed by atoms with Crippen LogP contribution in [0.1, 0.15) is 30.3 Å². The standard InChI is InChI=1S/C12H17F3N4O/c1-3-5-17-10-8-16-7-9(18-10)11(20)19(2)6-4-12(13,14)15/h7-8H,3-6H2,1-2H3,(H,17,18). The maximum absolute atomic E-state index is 12.1. The molecule has 0 spiro atoms. The number of amides is 1. The van der Waals surface area contributed by atoms with Crippen LogP contribution in [-0.4, -0.2) is 47.1 Å². The van der Waals surface area contributed by atoms with E-state index in [2.05, 4.69) is 15.3 Å². The van der Waals surface area contributed by atoms with Gasteiger partial charge < -0.3 is 10.2 Å². The molecule has 0 atom stereocenters. The van der Waals surface area contributed by atoms with E-state index in [0.717, 1.165) is 11.3 Å². The molecule has 20 heavy (non-hydrogen) atoms. The third-order valence-electron chi connectivity index (χ3n) is 2.49. The van der Waals surface area contributed by atoms with Crippen LogP contribution >= 0.6 is 0 Å². The van der Waals surface area contributed by atoms with Gasteiger partial charge in [0.25, 0.3) is 5.91 Å². The summed E-state index contributed by atoms with van der Waals surface area (Å²) in [5, 5.41) is 2.96. The van der Waals surface area contributed by atoms with Crippen molar-refractivity contribution in [2.75, 3.05) is 25.5 Å². The van der Waals surface area contributed by atoms with E-state index in [9.17, 15) is 18.0 Å². The van der Waals surface area contributed by atoms with Crippen molar-refractivity contribution < 1.29 is 18.0 Å². The van der Waals surface area contributed by atoms with Crippen LogP contribution in [0, 0.1) is 0 Å². The summed E-state index contributed by atoms with van der Waals surface area (Å²) in [5.74, 6) is -0.149. The number of nitrogens with one attached hydrogen (secondary N) is 1. The maximum atomic E-state index is 12.1. The average molecular weight is 290 g/mol. The quantitative estimate of drug-likeness (QED) is 0.873. The zero-order valence-electron chi connectivity index (χ0n) is 11.4. The van der Waals surface area contributed by atoms with Gasteiger partial charge in [-0.1, -0.05) is 6.92 Å². The Hall–Kier alpha value is -1.86. The Morgan fingerprint density at radius 3 is 2.70 bits per heavy atom. The molecule has 112 valence electrons. The van der Waals surface area contributed by atoms with E-state index in [-0.39, 0.29) is 5.69 Å². The Balaban J connectivity index is 2.66. The molecule has 0 aromatic carbocycles. The van der Waals surface area contributed by atoms with E-state index in [1.807, 2.05) is 6.92 Å². The van der Waals surface area contributed by atoms with Crippen LogP contribution in [0.4, 0.5) is 19.0 Å². The number of carbonyl (C=O) groups excluding carboxylic acids is 1. The second-order valence-electron chi connectivity index (χ2n) is 4.31. The van der Waals surface area contributed by atoms with E-state index >= 15 is 0 Å². The van der Waals surface area contributed by atoms with Crippen LogP contribution in [0.15, 0.2) is 12.4 Å². The highest BCUT2D eigenvalue weighted by Crippen LogP contribution is 2.19. The lowest BCUT2D eigenvalue weighted by molar-refractivity contribution is -0.136. The van der Waals surface area contributed by atoms with Crippen LogP contribution in [0.5, 0.6) is 0 Å². The van der Waals surface area contributed by atoms with Gasteiger partial charge in [0, 0.05) is 20.1 Å². The number of hydrogen-bond acceptors (Lipinski definition) is 4. The summed E-state index contributed by atoms with van der Waals surface area (Å²) in [6, 6.07) is 0. The van der Waals surface area contributed by atoms with Crippen molar-refractivity contribution in [3.8, 4) is 0 Å². The first-order chi connectivity index (χ1) is 9.33. The van der Waals surface area contributed by atoms with Crippen molar-refractivity contribution in [3.63, 3.8) is 0 Å². The second-order valence-corrected chi connectivity index (χ2v) is 4.31. The SMILES string of the molecule is CCCNc1cncc(C(=O)N(C)CCC(F)(F)F)n1. The largest absolute Gasteiger partial charge is 0.390 e. The summed E-state index contributed by atoms with van der Waals surface area (Å²) in [4.78, 5) is 20.8. The highest BCUT2D eigenvalue weighted by molar-refractivity contribution is 5.92. The fourth-order valence-corrected chi connectivity index (χ4v) is 1.40. The van der Waals surface area contributed by atoms with Crippen molar-refractivity contribution in [2.24, 2.45) is 0 Å². The Morgan fingerprint density at radius 1 is 1.40 bits per heavy atom. The third-order valence-corrected chi connectivity index (χ3v) is 2.49. The van der Waals surface area contributed by atoms with Crippen LogP contribution in [-0.2, 0) is 0 Å². The first kappa shape index (κ1) is 16.2. The number of halogens is 3. The number of hydrogen-bond donors (Lipinski definition) is 1. The first-order valence-electron chi connectivity index (χ1n) is 6.21. The highest BCUT2D eigenvalue weighted by atomic mass is 19.4. The van der Waals surface area contributed by atoms with Gasteiger partial charge in [-0.05, 0) is 6.42 Å². The van der Waals surface area contributed by atoms with Crippen molar-refractivity contribution in [1.82, 2.24) is 14.9 Å². The number of aromatic nitrogens is 2. The zero-order chi connectivity index (χ0) is 15.2. The van der Waals surface area contributed by atoms with E-state index in [1.54, 1.807) is 0 Å². The maximum Gasteiger partial charge on any atom is 0.390 e. The Labute approximate surface area is 115 Å². The Kier molecular flexibility index (Phi) is 5.72. The van der Waals surface area contributed by atoms with Crippen LogP contribution in [0.3, 0.4) is 0 Å². The molecule has 1 aromatic heterocycles. The van der Waals surface area contributed by atoms with Gasteiger partial charge in [-0.25, -0.2) is 4.98 Å². The van der Waals surface area contributed by atoms with Gasteiger partial charge in [0.1, 0.15) is 11.5 Å². The molecule has 0 radical (unpaired) electrons. The molecule has 0 unspecified atom stereocenters. The molecule has 8 heteroatoms. The Morgan fingerprint density at radius 2 is 2.10 bits per heavy atom. The molecule has 1 N–H and O–H groups in total. The van der Waals surface area contributed by atoms with E-state index < -0.39 is 25.0 Å². The fraction of sp³-hybridized carbons (Fsp3) is 0.583. The number of nitrogens with zero attached hydrogens (tertiary/aromatic N) is 3. The molecular formula is C12H17F3N4O. The fourth-order valence-electron chi connectivity index (χ4n) is 1.40. The summed E-state index contributed by atoms with van der Waals surface area (Å²) in [5.41, 5.74) is 0.0239. The summed E-state index contributed by atoms with van der Waals surface area (Å²) in [7, 11) is 1.31. The topological polar surface area (TPSA) is 58.1 Å². The van der Waals surface area contributed by atoms with Gasteiger partial charge in [0.05, 0.1) is 18.8 Å². The van der Waals surface area contributed by atoms with Gasteiger partial charge in [-0.15, -0.1) is 0 Å². The first-order valence-corrected chi connectivity index (χ1v) is 6.21. The molecule has 0 bridgehead atoms. The molecular weight excluding hydrogens is 273 g/mol. The minimum Gasteiger partial charge on any atom is -0.369 e. The van der Waals surface area contributed by atoms with Crippen LogP contribution in [0.25, 0.3) is 0 Å². The van der Waals surface area contributed by atoms with Gasteiger partial charge in [0.15, 0.2) is 0 Å². The van der Waals surface area contributed by atoms with Crippen LogP contribution in [0.2, 0.25) is 0 Å². The lowest BCUT2D eigenvalue weighted by Gasteiger charge is -2.17. The molecule has 1 aromatic rings. The summed E-state index contributed by atoms with van der Waals surface area (Å²) in [6.07, 6.45) is -1.75. The van der Waals surface area contributed by atoms with Gasteiger partial charge in [0.2, 0.25) is 0 Å². The predicted molar refractivity (Wildman–Crippen MR) is 68.4 cm³/mol. The monoisotopic (exact) mass is 290 g/mol. The second kappa shape index (κ2) is 7.06. The van der Waals surface area contributed by atoms with Crippen molar-refractivity contribution >= 4 is 11.7 Å². The molecule has 0 aliphatic rings. The molecule has 0 aliphatic carbocycles. The molecule has 0 saturated heterocycles. The predicted octanol–water partition coefficient (Wildman–Crippen LogP) is 2.32. The number of rotatable bonds is 6. The average Bonchev–Trinajstić information content (AvgIpc) is 2.41. The van der Waals surface area contributed by atoms with Crippen molar-refractivity contribution in [1.29, 1.82) is 0 Å². The minimum atomic E-state index is -4.29. The van der Waals surface area contributed by atoms with Crippen molar-refractivity contribution in [3.05, 3.63) is 18.1 Å². The van der Waals surface area contributed by atoms with Crippen LogP contribution < -0.4 is 5.32 Å². The zero-order valence-corrected chi connectivity index (χ0v) is 11.4. The van der Waals surface area contributed by atoms with Gasteiger partial charge >= 0.3 is 6.18 Å². The minimum absolute atomic E-state index is 0.0239. The molecule has 1 amide bonds. The van der Waals surface area contributed by atoms with Gasteiger partial charge in [-0.3, -0.25) is 9.78 Å².